The van der Waals surface area contributed by atoms with Crippen LogP contribution in [0.1, 0.15) is 25.0 Å². The zero-order valence-corrected chi connectivity index (χ0v) is 21.1. The number of hydrogen-bond acceptors (Lipinski definition) is 6. The third-order valence-electron chi connectivity index (χ3n) is 4.69. The number of aryl methyl sites for hydroxylation is 1. The first-order chi connectivity index (χ1) is 15.3. The van der Waals surface area contributed by atoms with Gasteiger partial charge in [-0.2, -0.15) is 0 Å². The Morgan fingerprint density at radius 3 is 2.15 bits per heavy atom. The Bertz CT molecular complexity index is 1180. The number of rotatable bonds is 11. The monoisotopic (exact) mass is 497 g/mol. The van der Waals surface area contributed by atoms with E-state index in [2.05, 4.69) is 10.0 Å². The van der Waals surface area contributed by atoms with Crippen LogP contribution in [0.4, 0.5) is 0 Å². The van der Waals surface area contributed by atoms with E-state index in [0.29, 0.717) is 17.9 Å². The molecule has 0 unspecified atom stereocenters. The number of benzene rings is 2. The predicted octanol–water partition coefficient (Wildman–Crippen LogP) is 1.87. The maximum absolute atomic E-state index is 12.3. The average Bonchev–Trinajstić information content (AvgIpc) is 2.75. The van der Waals surface area contributed by atoms with Crippen LogP contribution in [0.25, 0.3) is 0 Å². The number of ether oxygens (including phenoxy) is 1. The summed E-state index contributed by atoms with van der Waals surface area (Å²) in [7, 11) is -4.19. The predicted molar refractivity (Wildman–Crippen MR) is 126 cm³/mol. The fourth-order valence-corrected chi connectivity index (χ4v) is 4.90. The Balaban J connectivity index is 1.91. The van der Waals surface area contributed by atoms with E-state index in [0.717, 1.165) is 9.87 Å². The molecule has 0 atom stereocenters. The minimum absolute atomic E-state index is 0.136. The molecular weight excluding hydrogens is 466 g/mol. The fourth-order valence-electron chi connectivity index (χ4n) is 2.70. The van der Waals surface area contributed by atoms with Gasteiger partial charge in [0.25, 0.3) is 5.91 Å². The lowest BCUT2D eigenvalue weighted by Gasteiger charge is -2.13. The highest BCUT2D eigenvalue weighted by atomic mass is 32.2. The molecule has 0 saturated carbocycles. The lowest BCUT2D eigenvalue weighted by atomic mass is 10.2. The van der Waals surface area contributed by atoms with Gasteiger partial charge >= 0.3 is 0 Å². The minimum Gasteiger partial charge on any atom is -0.484 e. The summed E-state index contributed by atoms with van der Waals surface area (Å²) in [4.78, 5) is 12.5. The van der Waals surface area contributed by atoms with E-state index < -0.39 is 20.0 Å². The first-order valence-corrected chi connectivity index (χ1v) is 13.3. The summed E-state index contributed by atoms with van der Waals surface area (Å²) in [5.41, 5.74) is 1.33. The SMILES string of the molecule is Cc1cc(S(=O)(=O)NCC(C)C)ccc1OCC(=O)NCc1ccc(S(=O)(=O)N(C)C)cc1. The van der Waals surface area contributed by atoms with Gasteiger partial charge in [-0.05, 0) is 54.3 Å². The second-order valence-electron chi connectivity index (χ2n) is 8.17. The molecule has 0 spiro atoms. The van der Waals surface area contributed by atoms with Crippen molar-refractivity contribution in [3.8, 4) is 5.75 Å². The van der Waals surface area contributed by atoms with Gasteiger partial charge in [0.05, 0.1) is 9.79 Å². The first-order valence-electron chi connectivity index (χ1n) is 10.3. The van der Waals surface area contributed by atoms with Crippen molar-refractivity contribution in [1.29, 1.82) is 0 Å². The summed E-state index contributed by atoms with van der Waals surface area (Å²) in [6.45, 7) is 5.85. The van der Waals surface area contributed by atoms with Crippen LogP contribution in [0.15, 0.2) is 52.3 Å². The van der Waals surface area contributed by atoms with Gasteiger partial charge in [-0.1, -0.05) is 26.0 Å². The number of sulfonamides is 2. The topological polar surface area (TPSA) is 122 Å². The Hall–Kier alpha value is -2.47. The van der Waals surface area contributed by atoms with Crippen molar-refractivity contribution in [3.05, 3.63) is 53.6 Å². The maximum atomic E-state index is 12.3. The Morgan fingerprint density at radius 2 is 1.61 bits per heavy atom. The second-order valence-corrected chi connectivity index (χ2v) is 12.1. The number of hydrogen-bond donors (Lipinski definition) is 2. The van der Waals surface area contributed by atoms with Crippen LogP contribution in [-0.4, -0.2) is 54.3 Å². The molecule has 2 rings (SSSR count). The molecule has 1 amide bonds. The van der Waals surface area contributed by atoms with Gasteiger partial charge in [0.2, 0.25) is 20.0 Å². The second kappa shape index (κ2) is 11.1. The van der Waals surface area contributed by atoms with Gasteiger partial charge in [0.15, 0.2) is 6.61 Å². The zero-order valence-electron chi connectivity index (χ0n) is 19.5. The normalized spacial score (nSPS) is 12.2. The summed E-state index contributed by atoms with van der Waals surface area (Å²) >= 11 is 0. The van der Waals surface area contributed by atoms with Gasteiger partial charge in [0, 0.05) is 27.2 Å². The molecule has 0 aromatic heterocycles. The van der Waals surface area contributed by atoms with E-state index in [9.17, 15) is 21.6 Å². The highest BCUT2D eigenvalue weighted by Gasteiger charge is 2.17. The molecule has 33 heavy (non-hydrogen) atoms. The van der Waals surface area contributed by atoms with Gasteiger partial charge in [-0.3, -0.25) is 4.79 Å². The lowest BCUT2D eigenvalue weighted by Crippen LogP contribution is -2.29. The minimum atomic E-state index is -3.61. The summed E-state index contributed by atoms with van der Waals surface area (Å²) in [5, 5.41) is 2.70. The fraction of sp³-hybridized carbons (Fsp3) is 0.409. The van der Waals surface area contributed by atoms with Gasteiger partial charge in [0.1, 0.15) is 5.75 Å². The summed E-state index contributed by atoms with van der Waals surface area (Å²) in [6.07, 6.45) is 0. The Morgan fingerprint density at radius 1 is 1.00 bits per heavy atom. The van der Waals surface area contributed by atoms with E-state index in [4.69, 9.17) is 4.74 Å². The Kier molecular flexibility index (Phi) is 9.01. The largest absolute Gasteiger partial charge is 0.484 e. The van der Waals surface area contributed by atoms with Crippen molar-refractivity contribution in [3.63, 3.8) is 0 Å². The Labute approximate surface area is 196 Å². The highest BCUT2D eigenvalue weighted by Crippen LogP contribution is 2.22. The summed E-state index contributed by atoms with van der Waals surface area (Å²) < 4.78 is 58.1. The highest BCUT2D eigenvalue weighted by molar-refractivity contribution is 7.89. The molecule has 0 aliphatic heterocycles. The number of nitrogens with zero attached hydrogens (tertiary/aromatic N) is 1. The van der Waals surface area contributed by atoms with Crippen LogP contribution in [0, 0.1) is 12.8 Å². The van der Waals surface area contributed by atoms with Gasteiger partial charge in [-0.25, -0.2) is 25.9 Å². The molecule has 0 saturated heterocycles. The van der Waals surface area contributed by atoms with Crippen LogP contribution in [0.2, 0.25) is 0 Å². The summed E-state index contributed by atoms with van der Waals surface area (Å²) in [6, 6.07) is 10.7. The molecule has 9 nitrogen and oxygen atoms in total. The van der Waals surface area contributed by atoms with E-state index in [1.165, 1.54) is 44.4 Å². The van der Waals surface area contributed by atoms with Crippen molar-refractivity contribution in [1.82, 2.24) is 14.3 Å². The van der Waals surface area contributed by atoms with Crippen molar-refractivity contribution in [2.75, 3.05) is 27.2 Å². The van der Waals surface area contributed by atoms with E-state index >= 15 is 0 Å². The van der Waals surface area contributed by atoms with Crippen LogP contribution in [0.3, 0.4) is 0 Å². The van der Waals surface area contributed by atoms with Crippen molar-refractivity contribution >= 4 is 26.0 Å². The number of amides is 1. The smallest absolute Gasteiger partial charge is 0.258 e. The average molecular weight is 498 g/mol. The van der Waals surface area contributed by atoms with Crippen LogP contribution in [0.5, 0.6) is 5.75 Å². The number of carbonyl (C=O) groups excluding carboxylic acids is 1. The van der Waals surface area contributed by atoms with Crippen LogP contribution < -0.4 is 14.8 Å². The molecule has 0 aliphatic rings. The quantitative estimate of drug-likeness (QED) is 0.489. The van der Waals surface area contributed by atoms with E-state index in [-0.39, 0.29) is 34.8 Å². The molecule has 2 aromatic carbocycles. The van der Waals surface area contributed by atoms with Gasteiger partial charge in [-0.15, -0.1) is 0 Å². The molecule has 182 valence electrons. The molecular formula is C22H31N3O6S2. The van der Waals surface area contributed by atoms with Crippen molar-refractivity contribution in [2.24, 2.45) is 5.92 Å². The molecule has 2 N–H and O–H groups in total. The third kappa shape index (κ3) is 7.53. The number of carbonyl (C=O) groups is 1. The molecule has 0 fully saturated rings. The van der Waals surface area contributed by atoms with Crippen molar-refractivity contribution < 1.29 is 26.4 Å². The van der Waals surface area contributed by atoms with E-state index in [1.54, 1.807) is 19.1 Å². The third-order valence-corrected chi connectivity index (χ3v) is 7.94. The molecule has 0 radical (unpaired) electrons. The van der Waals surface area contributed by atoms with Gasteiger partial charge < -0.3 is 10.1 Å². The standard InChI is InChI=1S/C22H31N3O6S2/c1-16(2)13-24-32(27,28)20-10-11-21(17(3)12-20)31-15-22(26)23-14-18-6-8-19(9-7-18)33(29,30)25(4)5/h6-12,16,24H,13-15H2,1-5H3,(H,23,26). The maximum Gasteiger partial charge on any atom is 0.258 e. The van der Waals surface area contributed by atoms with Crippen LogP contribution in [-0.2, 0) is 31.4 Å². The van der Waals surface area contributed by atoms with Crippen LogP contribution >= 0.6 is 0 Å². The molecule has 2 aromatic rings. The molecule has 11 heteroatoms. The molecule has 0 aliphatic carbocycles. The lowest BCUT2D eigenvalue weighted by molar-refractivity contribution is -0.123. The summed E-state index contributed by atoms with van der Waals surface area (Å²) in [5.74, 6) is 0.229. The molecule has 0 heterocycles. The molecule has 0 bridgehead atoms. The van der Waals surface area contributed by atoms with E-state index in [1.807, 2.05) is 13.8 Å². The zero-order chi connectivity index (χ0) is 24.8. The first kappa shape index (κ1) is 26.8. The van der Waals surface area contributed by atoms with Crippen molar-refractivity contribution in [2.45, 2.75) is 37.1 Å². The number of nitrogens with one attached hydrogen (secondary N) is 2.